The minimum absolute atomic E-state index is 0.121. The first-order chi connectivity index (χ1) is 10.0. The van der Waals surface area contributed by atoms with Crippen LogP contribution in [0.2, 0.25) is 0 Å². The van der Waals surface area contributed by atoms with Gasteiger partial charge in [0.2, 0.25) is 5.91 Å². The number of amides is 1. The van der Waals surface area contributed by atoms with Crippen molar-refractivity contribution in [1.82, 2.24) is 5.32 Å². The van der Waals surface area contributed by atoms with Crippen molar-refractivity contribution in [3.05, 3.63) is 24.3 Å². The van der Waals surface area contributed by atoms with Gasteiger partial charge >= 0.3 is 0 Å². The average Bonchev–Trinajstić information content (AvgIpc) is 2.53. The Morgan fingerprint density at radius 1 is 1.19 bits per heavy atom. The second-order valence-electron chi connectivity index (χ2n) is 4.98. The molecule has 0 bridgehead atoms. The van der Waals surface area contributed by atoms with E-state index in [2.05, 4.69) is 5.32 Å². The van der Waals surface area contributed by atoms with Gasteiger partial charge in [0.25, 0.3) is 0 Å². The molecule has 0 aliphatic rings. The van der Waals surface area contributed by atoms with E-state index < -0.39 is 5.60 Å². The van der Waals surface area contributed by atoms with Crippen molar-refractivity contribution in [1.29, 1.82) is 0 Å². The van der Waals surface area contributed by atoms with Crippen molar-refractivity contribution in [2.45, 2.75) is 38.7 Å². The van der Waals surface area contributed by atoms with Crippen molar-refractivity contribution < 1.29 is 19.4 Å². The molecule has 5 nitrogen and oxygen atoms in total. The number of rotatable bonds is 9. The van der Waals surface area contributed by atoms with Crippen LogP contribution in [0.15, 0.2) is 24.3 Å². The Kier molecular flexibility index (Phi) is 7.02. The minimum atomic E-state index is -0.813. The molecule has 0 saturated heterocycles. The molecule has 1 aromatic carbocycles. The molecule has 118 valence electrons. The number of methoxy groups -OCH3 is 1. The van der Waals surface area contributed by atoms with E-state index in [1.165, 1.54) is 0 Å². The van der Waals surface area contributed by atoms with Crippen LogP contribution in [0.5, 0.6) is 11.5 Å². The Balaban J connectivity index is 2.26. The zero-order valence-corrected chi connectivity index (χ0v) is 13.0. The molecular weight excluding hydrogens is 270 g/mol. The van der Waals surface area contributed by atoms with Crippen molar-refractivity contribution in [3.8, 4) is 11.5 Å². The standard InChI is InChI=1S/C16H25NO4/c1-4-16(19,5-2)12-17-15(18)10-11-21-14-8-6-13(20-3)7-9-14/h6-9,19H,4-5,10-12H2,1-3H3,(H,17,18). The first-order valence-corrected chi connectivity index (χ1v) is 7.29. The molecule has 0 aliphatic carbocycles. The van der Waals surface area contributed by atoms with Gasteiger partial charge in [-0.1, -0.05) is 13.8 Å². The summed E-state index contributed by atoms with van der Waals surface area (Å²) >= 11 is 0. The molecular formula is C16H25NO4. The van der Waals surface area contributed by atoms with Crippen molar-refractivity contribution >= 4 is 5.91 Å². The van der Waals surface area contributed by atoms with Gasteiger partial charge in [0.1, 0.15) is 11.5 Å². The van der Waals surface area contributed by atoms with Crippen LogP contribution in [0.3, 0.4) is 0 Å². The van der Waals surface area contributed by atoms with Gasteiger partial charge in [-0.25, -0.2) is 0 Å². The monoisotopic (exact) mass is 295 g/mol. The summed E-state index contributed by atoms with van der Waals surface area (Å²) in [5.74, 6) is 1.34. The molecule has 0 fully saturated rings. The van der Waals surface area contributed by atoms with Crippen LogP contribution in [-0.4, -0.2) is 36.9 Å². The topological polar surface area (TPSA) is 67.8 Å². The average molecular weight is 295 g/mol. The zero-order chi connectivity index (χ0) is 15.7. The summed E-state index contributed by atoms with van der Waals surface area (Å²) < 4.78 is 10.5. The van der Waals surface area contributed by atoms with Crippen LogP contribution in [0.1, 0.15) is 33.1 Å². The third-order valence-electron chi connectivity index (χ3n) is 3.59. The van der Waals surface area contributed by atoms with E-state index in [1.54, 1.807) is 31.4 Å². The summed E-state index contributed by atoms with van der Waals surface area (Å²) in [6, 6.07) is 7.20. The molecule has 2 N–H and O–H groups in total. The van der Waals surface area contributed by atoms with Gasteiger partial charge in [-0.2, -0.15) is 0 Å². The predicted molar refractivity (Wildman–Crippen MR) is 81.6 cm³/mol. The summed E-state index contributed by atoms with van der Waals surface area (Å²) in [5, 5.41) is 12.8. The fraction of sp³-hybridized carbons (Fsp3) is 0.562. The lowest BCUT2D eigenvalue weighted by atomic mass is 9.97. The second kappa shape index (κ2) is 8.52. The summed E-state index contributed by atoms with van der Waals surface area (Å²) in [4.78, 5) is 11.7. The van der Waals surface area contributed by atoms with Gasteiger partial charge in [0.05, 0.1) is 25.7 Å². The summed E-state index contributed by atoms with van der Waals surface area (Å²) in [7, 11) is 1.61. The maximum absolute atomic E-state index is 11.7. The molecule has 0 aromatic heterocycles. The number of carbonyl (C=O) groups excluding carboxylic acids is 1. The molecule has 5 heteroatoms. The third kappa shape index (κ3) is 6.04. The van der Waals surface area contributed by atoms with Crippen LogP contribution in [0.4, 0.5) is 0 Å². The lowest BCUT2D eigenvalue weighted by Crippen LogP contribution is -2.42. The molecule has 0 saturated carbocycles. The number of ether oxygens (including phenoxy) is 2. The SMILES string of the molecule is CCC(O)(CC)CNC(=O)CCOc1ccc(OC)cc1. The van der Waals surface area contributed by atoms with Gasteiger partial charge in [-0.15, -0.1) is 0 Å². The highest BCUT2D eigenvalue weighted by Crippen LogP contribution is 2.17. The number of carbonyl (C=O) groups is 1. The van der Waals surface area contributed by atoms with Gasteiger partial charge in [0.15, 0.2) is 0 Å². The van der Waals surface area contributed by atoms with Crippen LogP contribution < -0.4 is 14.8 Å². The largest absolute Gasteiger partial charge is 0.497 e. The highest BCUT2D eigenvalue weighted by molar-refractivity contribution is 5.76. The quantitative estimate of drug-likeness (QED) is 0.732. The summed E-state index contributed by atoms with van der Waals surface area (Å²) in [6.45, 7) is 4.39. The molecule has 1 amide bonds. The van der Waals surface area contributed by atoms with Crippen LogP contribution in [0, 0.1) is 0 Å². The maximum Gasteiger partial charge on any atom is 0.223 e. The van der Waals surface area contributed by atoms with E-state index in [4.69, 9.17) is 9.47 Å². The molecule has 0 unspecified atom stereocenters. The van der Waals surface area contributed by atoms with Gasteiger partial charge in [0, 0.05) is 6.54 Å². The number of aliphatic hydroxyl groups is 1. The molecule has 0 aliphatic heterocycles. The smallest absolute Gasteiger partial charge is 0.223 e. The Morgan fingerprint density at radius 3 is 2.29 bits per heavy atom. The Hall–Kier alpha value is -1.75. The third-order valence-corrected chi connectivity index (χ3v) is 3.59. The minimum Gasteiger partial charge on any atom is -0.497 e. The van der Waals surface area contributed by atoms with Crippen LogP contribution >= 0.6 is 0 Å². The summed E-state index contributed by atoms with van der Waals surface area (Å²) in [5.41, 5.74) is -0.813. The lowest BCUT2D eigenvalue weighted by Gasteiger charge is -2.25. The van der Waals surface area contributed by atoms with Gasteiger partial charge in [-0.3, -0.25) is 4.79 Å². The highest BCUT2D eigenvalue weighted by Gasteiger charge is 2.22. The predicted octanol–water partition coefficient (Wildman–Crippen LogP) is 2.13. The molecule has 0 spiro atoms. The first-order valence-electron chi connectivity index (χ1n) is 7.29. The van der Waals surface area contributed by atoms with Gasteiger partial charge < -0.3 is 19.9 Å². The van der Waals surface area contributed by atoms with E-state index in [0.29, 0.717) is 25.2 Å². The Morgan fingerprint density at radius 2 is 1.76 bits per heavy atom. The molecule has 0 radical (unpaired) electrons. The molecule has 1 rings (SSSR count). The van der Waals surface area contributed by atoms with E-state index in [-0.39, 0.29) is 18.9 Å². The van der Waals surface area contributed by atoms with E-state index >= 15 is 0 Å². The van der Waals surface area contributed by atoms with E-state index in [0.717, 1.165) is 5.75 Å². The summed E-state index contributed by atoms with van der Waals surface area (Å²) in [6.07, 6.45) is 1.49. The molecule has 0 heterocycles. The first kappa shape index (κ1) is 17.3. The van der Waals surface area contributed by atoms with Gasteiger partial charge in [-0.05, 0) is 37.1 Å². The Bertz CT molecular complexity index is 426. The molecule has 0 atom stereocenters. The van der Waals surface area contributed by atoms with E-state index in [1.807, 2.05) is 13.8 Å². The highest BCUT2D eigenvalue weighted by atomic mass is 16.5. The fourth-order valence-corrected chi connectivity index (χ4v) is 1.79. The van der Waals surface area contributed by atoms with Crippen molar-refractivity contribution in [2.24, 2.45) is 0 Å². The lowest BCUT2D eigenvalue weighted by molar-refractivity contribution is -0.122. The fourth-order valence-electron chi connectivity index (χ4n) is 1.79. The Labute approximate surface area is 126 Å². The number of nitrogens with one attached hydrogen (secondary N) is 1. The normalized spacial score (nSPS) is 11.0. The zero-order valence-electron chi connectivity index (χ0n) is 13.0. The number of hydrogen-bond donors (Lipinski definition) is 2. The number of hydrogen-bond acceptors (Lipinski definition) is 4. The van der Waals surface area contributed by atoms with Crippen LogP contribution in [0.25, 0.3) is 0 Å². The van der Waals surface area contributed by atoms with Crippen molar-refractivity contribution in [3.63, 3.8) is 0 Å². The number of benzene rings is 1. The van der Waals surface area contributed by atoms with E-state index in [9.17, 15) is 9.90 Å². The molecule has 1 aromatic rings. The van der Waals surface area contributed by atoms with Crippen LogP contribution in [-0.2, 0) is 4.79 Å². The maximum atomic E-state index is 11.7. The van der Waals surface area contributed by atoms with Crippen molar-refractivity contribution in [2.75, 3.05) is 20.3 Å². The second-order valence-corrected chi connectivity index (χ2v) is 4.98. The molecule has 21 heavy (non-hydrogen) atoms.